The van der Waals surface area contributed by atoms with Crippen LogP contribution >= 0.6 is 11.6 Å². The van der Waals surface area contributed by atoms with E-state index in [1.165, 1.54) is 0 Å². The van der Waals surface area contributed by atoms with Crippen LogP contribution in [0.15, 0.2) is 12.1 Å². The van der Waals surface area contributed by atoms with Crippen LogP contribution in [-0.4, -0.2) is 34.2 Å². The Kier molecular flexibility index (Phi) is 4.40. The van der Waals surface area contributed by atoms with E-state index in [4.69, 9.17) is 17.4 Å². The average Bonchev–Trinajstić information content (AvgIpc) is 2.36. The summed E-state index contributed by atoms with van der Waals surface area (Å²) in [5, 5.41) is 10.5. The zero-order valence-corrected chi connectivity index (χ0v) is 11.2. The van der Waals surface area contributed by atoms with E-state index in [1.807, 2.05) is 0 Å². The molecule has 0 spiro atoms. The van der Waals surface area contributed by atoms with Crippen molar-refractivity contribution >= 4 is 17.4 Å². The predicted molar refractivity (Wildman–Crippen MR) is 72.1 cm³/mol. The summed E-state index contributed by atoms with van der Waals surface area (Å²) in [6.45, 7) is 4.33. The van der Waals surface area contributed by atoms with E-state index >= 15 is 0 Å². The molecule has 1 saturated heterocycles. The third-order valence-corrected chi connectivity index (χ3v) is 3.79. The second-order valence-electron chi connectivity index (χ2n) is 4.84. The van der Waals surface area contributed by atoms with Crippen LogP contribution in [0.2, 0.25) is 5.02 Å². The molecule has 0 saturated carbocycles. The van der Waals surface area contributed by atoms with E-state index in [-0.39, 0.29) is 6.10 Å². The highest BCUT2D eigenvalue weighted by molar-refractivity contribution is 6.31. The quantitative estimate of drug-likeness (QED) is 0.569. The number of nitrogens with one attached hydrogen (secondary N) is 1. The van der Waals surface area contributed by atoms with E-state index in [2.05, 4.69) is 22.2 Å². The highest BCUT2D eigenvalue weighted by atomic mass is 35.5. The highest BCUT2D eigenvalue weighted by Crippen LogP contribution is 2.22. The Balaban J connectivity index is 2.05. The number of rotatable bonds is 3. The monoisotopic (exact) mass is 270 g/mol. The number of aliphatic hydroxyl groups excluding tert-OH is 1. The van der Waals surface area contributed by atoms with Gasteiger partial charge >= 0.3 is 0 Å². The summed E-state index contributed by atoms with van der Waals surface area (Å²) < 4.78 is 0. The minimum absolute atomic E-state index is 0.270. The molecule has 2 atom stereocenters. The van der Waals surface area contributed by atoms with Crippen molar-refractivity contribution in [3.8, 4) is 0 Å². The van der Waals surface area contributed by atoms with Crippen LogP contribution in [0.5, 0.6) is 0 Å². The first-order valence-corrected chi connectivity index (χ1v) is 6.50. The summed E-state index contributed by atoms with van der Waals surface area (Å²) >= 11 is 6.12. The number of β-amino-alcohol motifs (C(OH)–C–C–N with tert-alkyl or cyclic N) is 1. The summed E-state index contributed by atoms with van der Waals surface area (Å²) in [4.78, 5) is 6.50. The van der Waals surface area contributed by atoms with Crippen molar-refractivity contribution in [2.75, 3.05) is 18.5 Å². The normalized spacial score (nSPS) is 25.1. The summed E-state index contributed by atoms with van der Waals surface area (Å²) in [6, 6.07) is 3.51. The molecular formula is C12H19ClN4O. The summed E-state index contributed by atoms with van der Waals surface area (Å²) in [5.74, 6) is 6.29. The second kappa shape index (κ2) is 5.84. The lowest BCUT2D eigenvalue weighted by molar-refractivity contribution is 0.0254. The van der Waals surface area contributed by atoms with Crippen LogP contribution < -0.4 is 11.3 Å². The minimum Gasteiger partial charge on any atom is -0.392 e. The van der Waals surface area contributed by atoms with E-state index in [9.17, 15) is 5.11 Å². The van der Waals surface area contributed by atoms with E-state index in [0.29, 0.717) is 29.8 Å². The van der Waals surface area contributed by atoms with Gasteiger partial charge in [-0.15, -0.1) is 0 Å². The minimum atomic E-state index is -0.270. The van der Waals surface area contributed by atoms with Gasteiger partial charge in [0.2, 0.25) is 0 Å². The number of piperidine rings is 1. The number of hydrogen-bond donors (Lipinski definition) is 3. The van der Waals surface area contributed by atoms with Gasteiger partial charge in [-0.2, -0.15) is 0 Å². The van der Waals surface area contributed by atoms with Gasteiger partial charge in [0.1, 0.15) is 5.82 Å². The number of nitrogens with two attached hydrogens (primary N) is 1. The Labute approximate surface area is 112 Å². The Hall–Kier alpha value is -0.880. The summed E-state index contributed by atoms with van der Waals surface area (Å²) in [7, 11) is 0. The molecule has 6 heteroatoms. The van der Waals surface area contributed by atoms with Crippen molar-refractivity contribution in [1.29, 1.82) is 0 Å². The van der Waals surface area contributed by atoms with Gasteiger partial charge in [-0.3, -0.25) is 4.90 Å². The molecule has 2 rings (SSSR count). The molecule has 18 heavy (non-hydrogen) atoms. The molecule has 2 unspecified atom stereocenters. The Morgan fingerprint density at radius 1 is 1.61 bits per heavy atom. The number of hydrazine groups is 1. The lowest BCUT2D eigenvalue weighted by Crippen LogP contribution is -2.42. The molecule has 0 aliphatic carbocycles. The number of halogens is 1. The lowest BCUT2D eigenvalue weighted by atomic mass is 9.96. The SMILES string of the molecule is CC1CCN(Cc2nc(NN)ccc2Cl)CC1O. The maximum Gasteiger partial charge on any atom is 0.140 e. The van der Waals surface area contributed by atoms with Gasteiger partial charge in [0.15, 0.2) is 0 Å². The van der Waals surface area contributed by atoms with Gasteiger partial charge < -0.3 is 10.5 Å². The van der Waals surface area contributed by atoms with Crippen LogP contribution in [0.1, 0.15) is 19.0 Å². The Morgan fingerprint density at radius 3 is 3.06 bits per heavy atom. The fraction of sp³-hybridized carbons (Fsp3) is 0.583. The van der Waals surface area contributed by atoms with Gasteiger partial charge in [0.05, 0.1) is 16.8 Å². The first kappa shape index (κ1) is 13.5. The molecular weight excluding hydrogens is 252 g/mol. The molecule has 4 N–H and O–H groups in total. The molecule has 1 aliphatic heterocycles. The molecule has 2 heterocycles. The van der Waals surface area contributed by atoms with Crippen molar-refractivity contribution in [2.24, 2.45) is 11.8 Å². The smallest absolute Gasteiger partial charge is 0.140 e. The van der Waals surface area contributed by atoms with Crippen LogP contribution in [-0.2, 0) is 6.54 Å². The zero-order chi connectivity index (χ0) is 13.1. The molecule has 0 bridgehead atoms. The van der Waals surface area contributed by atoms with Crippen molar-refractivity contribution in [3.05, 3.63) is 22.8 Å². The molecule has 0 amide bonds. The maximum atomic E-state index is 9.87. The van der Waals surface area contributed by atoms with Crippen LogP contribution in [0.25, 0.3) is 0 Å². The van der Waals surface area contributed by atoms with E-state index < -0.39 is 0 Å². The average molecular weight is 271 g/mol. The summed E-state index contributed by atoms with van der Waals surface area (Å²) in [6.07, 6.45) is 0.724. The van der Waals surface area contributed by atoms with Crippen LogP contribution in [0.4, 0.5) is 5.82 Å². The second-order valence-corrected chi connectivity index (χ2v) is 5.24. The number of aliphatic hydroxyl groups is 1. The van der Waals surface area contributed by atoms with Gasteiger partial charge in [0, 0.05) is 13.1 Å². The van der Waals surface area contributed by atoms with E-state index in [0.717, 1.165) is 18.7 Å². The zero-order valence-electron chi connectivity index (χ0n) is 10.4. The molecule has 5 nitrogen and oxygen atoms in total. The van der Waals surface area contributed by atoms with Gasteiger partial charge in [-0.25, -0.2) is 10.8 Å². The number of aromatic nitrogens is 1. The number of nitrogen functional groups attached to an aromatic ring is 1. The molecule has 1 aromatic rings. The standard InChI is InChI=1S/C12H19ClN4O/c1-8-4-5-17(7-11(8)18)6-10-9(13)2-3-12(15-10)16-14/h2-3,8,11,18H,4-7,14H2,1H3,(H,15,16). The number of nitrogens with zero attached hydrogens (tertiary/aromatic N) is 2. The molecule has 100 valence electrons. The van der Waals surface area contributed by atoms with Crippen molar-refractivity contribution in [3.63, 3.8) is 0 Å². The molecule has 1 fully saturated rings. The number of hydrogen-bond acceptors (Lipinski definition) is 5. The first-order chi connectivity index (χ1) is 8.60. The third-order valence-electron chi connectivity index (χ3n) is 3.44. The number of anilines is 1. The van der Waals surface area contributed by atoms with E-state index in [1.54, 1.807) is 12.1 Å². The highest BCUT2D eigenvalue weighted by Gasteiger charge is 2.24. The fourth-order valence-corrected chi connectivity index (χ4v) is 2.31. The van der Waals surface area contributed by atoms with Crippen molar-refractivity contribution in [1.82, 2.24) is 9.88 Å². The van der Waals surface area contributed by atoms with Crippen LogP contribution in [0.3, 0.4) is 0 Å². The predicted octanol–water partition coefficient (Wildman–Crippen LogP) is 1.22. The molecule has 0 aromatic carbocycles. The summed E-state index contributed by atoms with van der Waals surface area (Å²) in [5.41, 5.74) is 3.30. The molecule has 1 aromatic heterocycles. The lowest BCUT2D eigenvalue weighted by Gasteiger charge is -2.34. The van der Waals surface area contributed by atoms with Crippen molar-refractivity contribution < 1.29 is 5.11 Å². The first-order valence-electron chi connectivity index (χ1n) is 6.12. The molecule has 0 radical (unpaired) electrons. The fourth-order valence-electron chi connectivity index (χ4n) is 2.15. The topological polar surface area (TPSA) is 74.4 Å². The van der Waals surface area contributed by atoms with Crippen molar-refractivity contribution in [2.45, 2.75) is 26.0 Å². The number of likely N-dealkylation sites (tertiary alicyclic amines) is 1. The Morgan fingerprint density at radius 2 is 2.39 bits per heavy atom. The van der Waals surface area contributed by atoms with Crippen LogP contribution in [0, 0.1) is 5.92 Å². The third kappa shape index (κ3) is 3.11. The number of pyridine rings is 1. The maximum absolute atomic E-state index is 9.87. The van der Waals surface area contributed by atoms with Gasteiger partial charge in [-0.1, -0.05) is 18.5 Å². The van der Waals surface area contributed by atoms with Gasteiger partial charge in [-0.05, 0) is 31.0 Å². The largest absolute Gasteiger partial charge is 0.392 e. The van der Waals surface area contributed by atoms with Gasteiger partial charge in [0.25, 0.3) is 0 Å². The Bertz CT molecular complexity index is 415. The molecule has 1 aliphatic rings.